The standard InChI is InChI=1S/C14H20N4O/c1-14(2,9-19)8-16-13-5-3-4-12(6-13)7-18-11-15-10-17-18/h3-6,10-11,16,19H,7-9H2,1-2H3. The van der Waals surface area contributed by atoms with Crippen molar-refractivity contribution >= 4 is 5.69 Å². The van der Waals surface area contributed by atoms with Gasteiger partial charge in [-0.1, -0.05) is 26.0 Å². The van der Waals surface area contributed by atoms with Crippen LogP contribution in [0.15, 0.2) is 36.9 Å². The van der Waals surface area contributed by atoms with Crippen LogP contribution in [0.2, 0.25) is 0 Å². The SMILES string of the molecule is CC(C)(CO)CNc1cccc(Cn2cncn2)c1. The molecule has 2 N–H and O–H groups in total. The predicted molar refractivity (Wildman–Crippen MR) is 74.9 cm³/mol. The minimum Gasteiger partial charge on any atom is -0.396 e. The highest BCUT2D eigenvalue weighted by molar-refractivity contribution is 5.45. The Balaban J connectivity index is 1.99. The minimum absolute atomic E-state index is 0.123. The lowest BCUT2D eigenvalue weighted by Gasteiger charge is -2.22. The first-order valence-electron chi connectivity index (χ1n) is 6.35. The van der Waals surface area contributed by atoms with Gasteiger partial charge in [-0.15, -0.1) is 0 Å². The highest BCUT2D eigenvalue weighted by Gasteiger charge is 2.15. The largest absolute Gasteiger partial charge is 0.396 e. The van der Waals surface area contributed by atoms with Crippen LogP contribution < -0.4 is 5.32 Å². The van der Waals surface area contributed by atoms with Gasteiger partial charge in [-0.25, -0.2) is 9.67 Å². The molecule has 0 atom stereocenters. The molecule has 5 heteroatoms. The van der Waals surface area contributed by atoms with Gasteiger partial charge in [-0.2, -0.15) is 5.10 Å². The molecule has 19 heavy (non-hydrogen) atoms. The minimum atomic E-state index is -0.123. The number of aliphatic hydroxyl groups is 1. The number of aromatic nitrogens is 3. The molecule has 0 fully saturated rings. The fraction of sp³-hybridized carbons (Fsp3) is 0.429. The molecule has 102 valence electrons. The first-order chi connectivity index (χ1) is 9.09. The van der Waals surface area contributed by atoms with Crippen LogP contribution in [0.5, 0.6) is 0 Å². The Labute approximate surface area is 113 Å². The summed E-state index contributed by atoms with van der Waals surface area (Å²) in [5.41, 5.74) is 2.10. The molecule has 1 heterocycles. The van der Waals surface area contributed by atoms with E-state index in [9.17, 15) is 5.11 Å². The van der Waals surface area contributed by atoms with E-state index in [1.165, 1.54) is 6.33 Å². The molecule has 0 saturated carbocycles. The van der Waals surface area contributed by atoms with Crippen LogP contribution in [-0.4, -0.2) is 33.0 Å². The van der Waals surface area contributed by atoms with Crippen LogP contribution in [0.4, 0.5) is 5.69 Å². The van der Waals surface area contributed by atoms with E-state index >= 15 is 0 Å². The van der Waals surface area contributed by atoms with E-state index in [-0.39, 0.29) is 12.0 Å². The molecule has 0 aliphatic heterocycles. The molecule has 5 nitrogen and oxygen atoms in total. The normalized spacial score (nSPS) is 11.5. The first-order valence-corrected chi connectivity index (χ1v) is 6.35. The number of hydrogen-bond donors (Lipinski definition) is 2. The van der Waals surface area contributed by atoms with Crippen molar-refractivity contribution in [3.63, 3.8) is 0 Å². The summed E-state index contributed by atoms with van der Waals surface area (Å²) in [4.78, 5) is 3.93. The Morgan fingerprint density at radius 1 is 1.37 bits per heavy atom. The fourth-order valence-electron chi connectivity index (χ4n) is 1.68. The molecule has 0 radical (unpaired) electrons. The summed E-state index contributed by atoms with van der Waals surface area (Å²) in [6.07, 6.45) is 3.24. The van der Waals surface area contributed by atoms with Gasteiger partial charge in [0.1, 0.15) is 12.7 Å². The third kappa shape index (κ3) is 4.06. The van der Waals surface area contributed by atoms with Crippen molar-refractivity contribution in [3.8, 4) is 0 Å². The van der Waals surface area contributed by atoms with Gasteiger partial charge in [0.2, 0.25) is 0 Å². The maximum atomic E-state index is 9.24. The number of aliphatic hydroxyl groups excluding tert-OH is 1. The topological polar surface area (TPSA) is 63.0 Å². The molecule has 1 aromatic heterocycles. The summed E-state index contributed by atoms with van der Waals surface area (Å²) < 4.78 is 1.79. The van der Waals surface area contributed by atoms with Crippen LogP contribution >= 0.6 is 0 Å². The van der Waals surface area contributed by atoms with E-state index in [2.05, 4.69) is 27.5 Å². The average molecular weight is 260 g/mol. The highest BCUT2D eigenvalue weighted by atomic mass is 16.3. The van der Waals surface area contributed by atoms with Crippen LogP contribution in [-0.2, 0) is 6.54 Å². The highest BCUT2D eigenvalue weighted by Crippen LogP contribution is 2.17. The molecule has 1 aromatic carbocycles. The average Bonchev–Trinajstić information content (AvgIpc) is 2.90. The maximum Gasteiger partial charge on any atom is 0.137 e. The van der Waals surface area contributed by atoms with E-state index in [0.29, 0.717) is 6.54 Å². The van der Waals surface area contributed by atoms with Gasteiger partial charge in [-0.05, 0) is 17.7 Å². The number of rotatable bonds is 6. The molecule has 0 bridgehead atoms. The van der Waals surface area contributed by atoms with Gasteiger partial charge in [0.25, 0.3) is 0 Å². The summed E-state index contributed by atoms with van der Waals surface area (Å²) in [6.45, 7) is 5.66. The number of benzene rings is 1. The molecule has 0 aliphatic carbocycles. The smallest absolute Gasteiger partial charge is 0.137 e. The van der Waals surface area contributed by atoms with Crippen LogP contribution in [0.3, 0.4) is 0 Å². The third-order valence-electron chi connectivity index (χ3n) is 2.94. The Hall–Kier alpha value is -1.88. The predicted octanol–water partition coefficient (Wildman–Crippen LogP) is 1.76. The van der Waals surface area contributed by atoms with E-state index < -0.39 is 0 Å². The zero-order valence-corrected chi connectivity index (χ0v) is 11.4. The van der Waals surface area contributed by atoms with Crippen molar-refractivity contribution < 1.29 is 5.11 Å². The van der Waals surface area contributed by atoms with E-state index in [1.54, 1.807) is 11.0 Å². The Morgan fingerprint density at radius 2 is 2.21 bits per heavy atom. The van der Waals surface area contributed by atoms with E-state index in [1.807, 2.05) is 26.0 Å². The summed E-state index contributed by atoms with van der Waals surface area (Å²) in [5.74, 6) is 0. The number of nitrogens with one attached hydrogen (secondary N) is 1. The quantitative estimate of drug-likeness (QED) is 0.830. The van der Waals surface area contributed by atoms with Crippen molar-refractivity contribution in [2.75, 3.05) is 18.5 Å². The fourth-order valence-corrected chi connectivity index (χ4v) is 1.68. The second-order valence-electron chi connectivity index (χ2n) is 5.47. The van der Waals surface area contributed by atoms with Gasteiger partial charge in [0.15, 0.2) is 0 Å². The Morgan fingerprint density at radius 3 is 2.89 bits per heavy atom. The third-order valence-corrected chi connectivity index (χ3v) is 2.94. The Kier molecular flexibility index (Phi) is 4.16. The van der Waals surface area contributed by atoms with Crippen molar-refractivity contribution in [2.45, 2.75) is 20.4 Å². The first kappa shape index (κ1) is 13.5. The molecule has 0 unspecified atom stereocenters. The monoisotopic (exact) mass is 260 g/mol. The molecule has 2 aromatic rings. The van der Waals surface area contributed by atoms with Gasteiger partial charge in [0, 0.05) is 24.3 Å². The lowest BCUT2D eigenvalue weighted by atomic mass is 9.95. The van der Waals surface area contributed by atoms with Crippen LogP contribution in [0, 0.1) is 5.41 Å². The zero-order valence-electron chi connectivity index (χ0n) is 11.4. The molecule has 0 spiro atoms. The molecular formula is C14H20N4O. The lowest BCUT2D eigenvalue weighted by Crippen LogP contribution is -2.26. The molecule has 0 aliphatic rings. The van der Waals surface area contributed by atoms with Crippen molar-refractivity contribution in [1.29, 1.82) is 0 Å². The molecule has 0 amide bonds. The second-order valence-corrected chi connectivity index (χ2v) is 5.47. The van der Waals surface area contributed by atoms with Crippen LogP contribution in [0.1, 0.15) is 19.4 Å². The van der Waals surface area contributed by atoms with Gasteiger partial charge in [0.05, 0.1) is 6.54 Å². The number of anilines is 1. The van der Waals surface area contributed by atoms with Crippen molar-refractivity contribution in [1.82, 2.24) is 14.8 Å². The van der Waals surface area contributed by atoms with Gasteiger partial charge in [-0.3, -0.25) is 0 Å². The van der Waals surface area contributed by atoms with Crippen LogP contribution in [0.25, 0.3) is 0 Å². The van der Waals surface area contributed by atoms with E-state index in [0.717, 1.165) is 17.8 Å². The molecule has 2 rings (SSSR count). The maximum absolute atomic E-state index is 9.24. The molecular weight excluding hydrogens is 240 g/mol. The molecule has 0 saturated heterocycles. The van der Waals surface area contributed by atoms with Gasteiger partial charge < -0.3 is 10.4 Å². The summed E-state index contributed by atoms with van der Waals surface area (Å²) in [7, 11) is 0. The summed E-state index contributed by atoms with van der Waals surface area (Å²) in [5, 5.41) is 16.7. The summed E-state index contributed by atoms with van der Waals surface area (Å²) in [6, 6.07) is 8.19. The lowest BCUT2D eigenvalue weighted by molar-refractivity contribution is 0.171. The van der Waals surface area contributed by atoms with E-state index in [4.69, 9.17) is 0 Å². The zero-order chi connectivity index (χ0) is 13.7. The number of hydrogen-bond acceptors (Lipinski definition) is 4. The summed E-state index contributed by atoms with van der Waals surface area (Å²) >= 11 is 0. The Bertz CT molecular complexity index is 508. The van der Waals surface area contributed by atoms with Crippen molar-refractivity contribution in [3.05, 3.63) is 42.5 Å². The van der Waals surface area contributed by atoms with Gasteiger partial charge >= 0.3 is 0 Å². The second kappa shape index (κ2) is 5.84. The van der Waals surface area contributed by atoms with Crippen molar-refractivity contribution in [2.24, 2.45) is 5.41 Å². The number of nitrogens with zero attached hydrogens (tertiary/aromatic N) is 3.